The summed E-state index contributed by atoms with van der Waals surface area (Å²) in [4.78, 5) is 12.5. The third-order valence-corrected chi connectivity index (χ3v) is 3.20. The van der Waals surface area contributed by atoms with Crippen LogP contribution in [-0.4, -0.2) is 19.5 Å². The van der Waals surface area contributed by atoms with Gasteiger partial charge in [-0.25, -0.2) is 15.0 Å². The Morgan fingerprint density at radius 2 is 2.25 bits per heavy atom. The number of aryl methyl sites for hydroxylation is 1. The minimum absolute atomic E-state index is 0.411. The van der Waals surface area contributed by atoms with E-state index in [1.807, 2.05) is 4.57 Å². The summed E-state index contributed by atoms with van der Waals surface area (Å²) in [5.74, 6) is 0.596. The van der Waals surface area contributed by atoms with E-state index < -0.39 is 0 Å². The SMILES string of the molecule is CCCn1cncc1-c1ncc(Br)c(Cl)n1. The number of nitrogens with zero attached hydrogens (tertiary/aromatic N) is 4. The van der Waals surface area contributed by atoms with Crippen molar-refractivity contribution >= 4 is 27.5 Å². The van der Waals surface area contributed by atoms with Crippen LogP contribution in [-0.2, 0) is 6.54 Å². The second-order valence-electron chi connectivity index (χ2n) is 3.30. The monoisotopic (exact) mass is 300 g/mol. The molecule has 6 heteroatoms. The van der Waals surface area contributed by atoms with E-state index in [0.717, 1.165) is 18.7 Å². The topological polar surface area (TPSA) is 43.6 Å². The van der Waals surface area contributed by atoms with Gasteiger partial charge in [0, 0.05) is 12.7 Å². The number of hydrogen-bond acceptors (Lipinski definition) is 3. The second-order valence-corrected chi connectivity index (χ2v) is 4.52. The molecular weight excluding hydrogens is 291 g/mol. The molecule has 0 unspecified atom stereocenters. The first-order valence-corrected chi connectivity index (χ1v) is 6.08. The Hall–Kier alpha value is -0.940. The highest BCUT2D eigenvalue weighted by Gasteiger charge is 2.09. The number of halogens is 2. The van der Waals surface area contributed by atoms with E-state index in [2.05, 4.69) is 37.8 Å². The predicted octanol–water partition coefficient (Wildman–Crippen LogP) is 3.17. The van der Waals surface area contributed by atoms with Crippen LogP contribution in [0.4, 0.5) is 0 Å². The minimum atomic E-state index is 0.411. The molecule has 2 aromatic rings. The molecule has 84 valence electrons. The van der Waals surface area contributed by atoms with Crippen LogP contribution in [0, 0.1) is 0 Å². The highest BCUT2D eigenvalue weighted by molar-refractivity contribution is 9.10. The van der Waals surface area contributed by atoms with Crippen LogP contribution in [0.1, 0.15) is 13.3 Å². The molecule has 0 spiro atoms. The molecule has 4 nitrogen and oxygen atoms in total. The Kier molecular flexibility index (Phi) is 3.56. The van der Waals surface area contributed by atoms with Gasteiger partial charge < -0.3 is 4.57 Å². The second kappa shape index (κ2) is 4.93. The average Bonchev–Trinajstić information content (AvgIpc) is 2.71. The standard InChI is InChI=1S/C10H10BrClN4/c1-2-3-16-6-13-5-8(16)10-14-4-7(11)9(12)15-10/h4-6H,2-3H2,1H3. The fourth-order valence-electron chi connectivity index (χ4n) is 1.40. The Balaban J connectivity index is 2.42. The maximum absolute atomic E-state index is 5.93. The third-order valence-electron chi connectivity index (χ3n) is 2.11. The molecule has 0 atom stereocenters. The molecule has 0 aliphatic rings. The van der Waals surface area contributed by atoms with Gasteiger partial charge in [-0.2, -0.15) is 0 Å². The highest BCUT2D eigenvalue weighted by Crippen LogP contribution is 2.22. The minimum Gasteiger partial charge on any atom is -0.328 e. The van der Waals surface area contributed by atoms with E-state index in [4.69, 9.17) is 11.6 Å². The molecule has 2 rings (SSSR count). The third kappa shape index (κ3) is 2.25. The molecular formula is C10H10BrClN4. The van der Waals surface area contributed by atoms with Gasteiger partial charge in [-0.3, -0.25) is 0 Å². The van der Waals surface area contributed by atoms with Gasteiger partial charge in [-0.05, 0) is 22.4 Å². The van der Waals surface area contributed by atoms with E-state index >= 15 is 0 Å². The normalized spacial score (nSPS) is 10.7. The van der Waals surface area contributed by atoms with Crippen molar-refractivity contribution in [2.45, 2.75) is 19.9 Å². The fraction of sp³-hybridized carbons (Fsp3) is 0.300. The molecule has 0 fully saturated rings. The number of aromatic nitrogens is 4. The van der Waals surface area contributed by atoms with Gasteiger partial charge in [-0.15, -0.1) is 0 Å². The molecule has 0 saturated heterocycles. The first-order valence-electron chi connectivity index (χ1n) is 4.91. The molecule has 0 radical (unpaired) electrons. The van der Waals surface area contributed by atoms with Crippen LogP contribution in [0.3, 0.4) is 0 Å². The first-order chi connectivity index (χ1) is 7.72. The lowest BCUT2D eigenvalue weighted by molar-refractivity contribution is 0.681. The molecule has 0 saturated carbocycles. The summed E-state index contributed by atoms with van der Waals surface area (Å²) in [5.41, 5.74) is 0.885. The smallest absolute Gasteiger partial charge is 0.179 e. The number of rotatable bonds is 3. The zero-order valence-electron chi connectivity index (χ0n) is 8.69. The number of imidazole rings is 1. The van der Waals surface area contributed by atoms with Gasteiger partial charge >= 0.3 is 0 Å². The molecule has 2 aromatic heterocycles. The zero-order chi connectivity index (χ0) is 11.5. The lowest BCUT2D eigenvalue weighted by Gasteiger charge is -2.05. The van der Waals surface area contributed by atoms with E-state index in [1.54, 1.807) is 18.7 Å². The van der Waals surface area contributed by atoms with Crippen molar-refractivity contribution in [1.29, 1.82) is 0 Å². The Morgan fingerprint density at radius 3 is 2.94 bits per heavy atom. The summed E-state index contributed by atoms with van der Waals surface area (Å²) in [6, 6.07) is 0. The summed E-state index contributed by atoms with van der Waals surface area (Å²) in [6.07, 6.45) is 6.20. The molecule has 0 aliphatic heterocycles. The molecule has 0 bridgehead atoms. The maximum Gasteiger partial charge on any atom is 0.179 e. The quantitative estimate of drug-likeness (QED) is 0.818. The highest BCUT2D eigenvalue weighted by atomic mass is 79.9. The molecule has 0 aliphatic carbocycles. The largest absolute Gasteiger partial charge is 0.328 e. The van der Waals surface area contributed by atoms with E-state index in [-0.39, 0.29) is 0 Å². The van der Waals surface area contributed by atoms with Crippen molar-refractivity contribution in [1.82, 2.24) is 19.5 Å². The molecule has 0 amide bonds. The Labute approximate surface area is 107 Å². The van der Waals surface area contributed by atoms with Crippen molar-refractivity contribution in [3.63, 3.8) is 0 Å². The van der Waals surface area contributed by atoms with Gasteiger partial charge in [0.1, 0.15) is 10.8 Å². The Morgan fingerprint density at radius 1 is 1.44 bits per heavy atom. The van der Waals surface area contributed by atoms with E-state index in [0.29, 0.717) is 15.5 Å². The summed E-state index contributed by atoms with van der Waals surface area (Å²) >= 11 is 9.20. The van der Waals surface area contributed by atoms with Crippen LogP contribution in [0.25, 0.3) is 11.5 Å². The summed E-state index contributed by atoms with van der Waals surface area (Å²) in [6.45, 7) is 3.01. The van der Waals surface area contributed by atoms with Crippen LogP contribution in [0.5, 0.6) is 0 Å². The maximum atomic E-state index is 5.93. The fourth-order valence-corrected chi connectivity index (χ4v) is 1.72. The molecule has 2 heterocycles. The summed E-state index contributed by atoms with van der Waals surface area (Å²) in [7, 11) is 0. The van der Waals surface area contributed by atoms with Crippen LogP contribution >= 0.6 is 27.5 Å². The van der Waals surface area contributed by atoms with Crippen LogP contribution in [0.15, 0.2) is 23.2 Å². The summed E-state index contributed by atoms with van der Waals surface area (Å²) < 4.78 is 2.71. The summed E-state index contributed by atoms with van der Waals surface area (Å²) in [5, 5.41) is 0.411. The predicted molar refractivity (Wildman–Crippen MR) is 66.3 cm³/mol. The van der Waals surface area contributed by atoms with Crippen LogP contribution < -0.4 is 0 Å². The molecule has 0 aromatic carbocycles. The lowest BCUT2D eigenvalue weighted by atomic mass is 10.4. The number of hydrogen-bond donors (Lipinski definition) is 0. The first kappa shape index (κ1) is 11.5. The van der Waals surface area contributed by atoms with E-state index in [1.165, 1.54) is 0 Å². The van der Waals surface area contributed by atoms with Crippen molar-refractivity contribution < 1.29 is 0 Å². The van der Waals surface area contributed by atoms with Crippen LogP contribution in [0.2, 0.25) is 5.15 Å². The molecule has 16 heavy (non-hydrogen) atoms. The van der Waals surface area contributed by atoms with Crippen molar-refractivity contribution in [2.75, 3.05) is 0 Å². The van der Waals surface area contributed by atoms with Gasteiger partial charge in [0.25, 0.3) is 0 Å². The lowest BCUT2D eigenvalue weighted by Crippen LogP contribution is -2.00. The van der Waals surface area contributed by atoms with Gasteiger partial charge in [-0.1, -0.05) is 18.5 Å². The van der Waals surface area contributed by atoms with Gasteiger partial charge in [0.15, 0.2) is 5.82 Å². The Bertz CT molecular complexity index is 497. The zero-order valence-corrected chi connectivity index (χ0v) is 11.0. The van der Waals surface area contributed by atoms with Crippen molar-refractivity contribution in [3.8, 4) is 11.5 Å². The van der Waals surface area contributed by atoms with Crippen molar-refractivity contribution in [3.05, 3.63) is 28.3 Å². The van der Waals surface area contributed by atoms with E-state index in [9.17, 15) is 0 Å². The van der Waals surface area contributed by atoms with Crippen molar-refractivity contribution in [2.24, 2.45) is 0 Å². The van der Waals surface area contributed by atoms with Gasteiger partial charge in [0.05, 0.1) is 17.0 Å². The molecule has 0 N–H and O–H groups in total. The van der Waals surface area contributed by atoms with Gasteiger partial charge in [0.2, 0.25) is 0 Å². The average molecular weight is 302 g/mol.